The Hall–Kier alpha value is -5.79. The van der Waals surface area contributed by atoms with Crippen LogP contribution in [0, 0.1) is 0 Å². The molecule has 4 aromatic carbocycles. The van der Waals surface area contributed by atoms with Gasteiger partial charge in [-0.1, -0.05) is 66.7 Å². The second kappa shape index (κ2) is 15.1. The molecule has 3 aliphatic rings. The Morgan fingerprint density at radius 3 is 2.25 bits per heavy atom. The highest BCUT2D eigenvalue weighted by Gasteiger charge is 2.43. The number of benzene rings is 4. The van der Waals surface area contributed by atoms with Crippen LogP contribution in [0.25, 0.3) is 0 Å². The summed E-state index contributed by atoms with van der Waals surface area (Å²) in [5.74, 6) is -1.39. The Balaban J connectivity index is 1.08. The van der Waals surface area contributed by atoms with Gasteiger partial charge in [0.05, 0.1) is 29.9 Å². The summed E-state index contributed by atoms with van der Waals surface area (Å²) in [6, 6.07) is 31.5. The Bertz CT molecular complexity index is 2110. The van der Waals surface area contributed by atoms with Gasteiger partial charge in [0.15, 0.2) is 6.29 Å². The van der Waals surface area contributed by atoms with Crippen LogP contribution >= 0.6 is 0 Å². The van der Waals surface area contributed by atoms with Crippen molar-refractivity contribution in [3.63, 3.8) is 0 Å². The van der Waals surface area contributed by atoms with Gasteiger partial charge in [-0.05, 0) is 53.1 Å². The van der Waals surface area contributed by atoms with Crippen molar-refractivity contribution >= 4 is 29.5 Å². The number of carbonyl (C=O) groups excluding carboxylic acids is 3. The van der Waals surface area contributed by atoms with Crippen LogP contribution in [-0.2, 0) is 20.8 Å². The van der Waals surface area contributed by atoms with Crippen molar-refractivity contribution in [2.45, 2.75) is 31.0 Å². The number of ether oxygens (including phenoxy) is 3. The van der Waals surface area contributed by atoms with Gasteiger partial charge in [0.25, 0.3) is 5.91 Å². The van der Waals surface area contributed by atoms with Gasteiger partial charge in [-0.15, -0.1) is 0 Å². The van der Waals surface area contributed by atoms with E-state index in [4.69, 9.17) is 9.47 Å². The molecule has 12 heteroatoms. The highest BCUT2D eigenvalue weighted by Crippen LogP contribution is 2.47. The summed E-state index contributed by atoms with van der Waals surface area (Å²) in [4.78, 5) is 50.8. The van der Waals surface area contributed by atoms with Crippen molar-refractivity contribution in [2.24, 2.45) is 0 Å². The number of amides is 1. The van der Waals surface area contributed by atoms with Crippen LogP contribution in [0.2, 0.25) is 0 Å². The van der Waals surface area contributed by atoms with Crippen LogP contribution in [0.15, 0.2) is 116 Å². The lowest BCUT2D eigenvalue weighted by Crippen LogP contribution is -2.51. The monoisotopic (exact) mass is 711 g/mol. The minimum absolute atomic E-state index is 0.0611. The predicted octanol–water partition coefficient (Wildman–Crippen LogP) is 5.29. The van der Waals surface area contributed by atoms with Crippen molar-refractivity contribution in [3.05, 3.63) is 154 Å². The minimum Gasteiger partial charge on any atom is -0.392 e. The van der Waals surface area contributed by atoms with Crippen molar-refractivity contribution in [1.29, 1.82) is 0 Å². The lowest BCUT2D eigenvalue weighted by atomic mass is 9.83. The fraction of sp³-hybridized carbons (Fsp3) is 0.244. The van der Waals surface area contributed by atoms with Gasteiger partial charge >= 0.3 is 11.9 Å². The number of esters is 2. The lowest BCUT2D eigenvalue weighted by molar-refractivity contribution is -0.263. The van der Waals surface area contributed by atoms with Gasteiger partial charge in [-0.25, -0.2) is 19.6 Å². The normalized spacial score (nSPS) is 21.6. The molecule has 1 unspecified atom stereocenters. The van der Waals surface area contributed by atoms with Gasteiger partial charge in [-0.2, -0.15) is 0 Å². The Labute approximate surface area is 306 Å². The zero-order chi connectivity index (χ0) is 36.3. The number of carbonyl (C=O) groups is 3. The van der Waals surface area contributed by atoms with Crippen LogP contribution in [-0.4, -0.2) is 76.6 Å². The van der Waals surface area contributed by atoms with Gasteiger partial charge in [0.2, 0.25) is 5.95 Å². The first-order valence-electron chi connectivity index (χ1n) is 17.6. The first-order chi connectivity index (χ1) is 25.9. The zero-order valence-electron chi connectivity index (χ0n) is 28.7. The largest absolute Gasteiger partial charge is 0.392 e. The molecule has 1 amide bonds. The Morgan fingerprint density at radius 2 is 1.49 bits per heavy atom. The molecule has 5 aromatic rings. The maximum Gasteiger partial charge on any atom is 0.346 e. The molecule has 2 N–H and O–H groups in total. The molecule has 0 aliphatic carbocycles. The van der Waals surface area contributed by atoms with E-state index < -0.39 is 30.2 Å². The van der Waals surface area contributed by atoms with Gasteiger partial charge in [0, 0.05) is 67.8 Å². The summed E-state index contributed by atoms with van der Waals surface area (Å²) < 4.78 is 18.5. The molecule has 0 bridgehead atoms. The van der Waals surface area contributed by atoms with Crippen LogP contribution in [0.4, 0.5) is 11.6 Å². The van der Waals surface area contributed by atoms with Gasteiger partial charge < -0.3 is 29.5 Å². The van der Waals surface area contributed by atoms with Crippen molar-refractivity contribution < 1.29 is 33.7 Å². The third-order valence-corrected chi connectivity index (χ3v) is 9.94. The van der Waals surface area contributed by atoms with E-state index in [0.29, 0.717) is 17.8 Å². The molecular weight excluding hydrogens is 674 g/mol. The van der Waals surface area contributed by atoms with E-state index in [0.717, 1.165) is 48.8 Å². The summed E-state index contributed by atoms with van der Waals surface area (Å²) in [5, 5.41) is 12.7. The Kier molecular flexibility index (Phi) is 9.74. The molecule has 268 valence electrons. The smallest absolute Gasteiger partial charge is 0.346 e. The summed E-state index contributed by atoms with van der Waals surface area (Å²) in [6.45, 7) is 3.75. The van der Waals surface area contributed by atoms with Crippen LogP contribution in [0.5, 0.6) is 0 Å². The second-order valence-corrected chi connectivity index (χ2v) is 13.3. The number of anilines is 2. The van der Waals surface area contributed by atoms with Gasteiger partial charge in [-0.3, -0.25) is 9.69 Å². The molecule has 0 saturated carbocycles. The zero-order valence-corrected chi connectivity index (χ0v) is 28.7. The number of aromatic nitrogens is 2. The molecule has 53 heavy (non-hydrogen) atoms. The number of fused-ring (bicyclic) bond motifs is 1. The first-order valence-corrected chi connectivity index (χ1v) is 17.6. The molecule has 2 fully saturated rings. The van der Waals surface area contributed by atoms with Crippen LogP contribution < -0.4 is 10.2 Å². The average molecular weight is 712 g/mol. The summed E-state index contributed by atoms with van der Waals surface area (Å²) in [7, 11) is 0. The van der Waals surface area contributed by atoms with Crippen molar-refractivity contribution in [3.8, 4) is 0 Å². The highest BCUT2D eigenvalue weighted by atomic mass is 16.7. The predicted molar refractivity (Wildman–Crippen MR) is 194 cm³/mol. The average Bonchev–Trinajstić information content (AvgIpc) is 3.50. The number of cyclic esters (lactones) is 2. The summed E-state index contributed by atoms with van der Waals surface area (Å²) >= 11 is 0. The number of rotatable bonds is 9. The number of hydrogen-bond acceptors (Lipinski definition) is 11. The second-order valence-electron chi connectivity index (χ2n) is 13.3. The third-order valence-electron chi connectivity index (χ3n) is 9.94. The summed E-state index contributed by atoms with van der Waals surface area (Å²) in [5.41, 5.74) is 4.48. The van der Waals surface area contributed by atoms with E-state index in [-0.39, 0.29) is 35.3 Å². The fourth-order valence-corrected chi connectivity index (χ4v) is 7.20. The SMILES string of the molecule is O=C(Nc1cccc(C2O[C@H](CN3CCN(c4ncccn4)CC3)[C@@H](c3ccccc3)[C@H](c3ccc(CO)cc3)O2)c1)c1ccc2c(c1)C(=O)OC2=O. The molecule has 8 rings (SSSR count). The maximum absolute atomic E-state index is 13.3. The number of nitrogens with zero attached hydrogens (tertiary/aromatic N) is 4. The van der Waals surface area contributed by atoms with E-state index in [9.17, 15) is 19.5 Å². The lowest BCUT2D eigenvalue weighted by Gasteiger charge is -2.45. The van der Waals surface area contributed by atoms with Crippen LogP contribution in [0.3, 0.4) is 0 Å². The number of hydrogen-bond donors (Lipinski definition) is 2. The van der Waals surface area contributed by atoms with E-state index >= 15 is 0 Å². The van der Waals surface area contributed by atoms with E-state index in [1.165, 1.54) is 18.2 Å². The quantitative estimate of drug-likeness (QED) is 0.152. The van der Waals surface area contributed by atoms with Crippen molar-refractivity contribution in [2.75, 3.05) is 42.9 Å². The fourth-order valence-electron chi connectivity index (χ4n) is 7.20. The topological polar surface area (TPSA) is 143 Å². The highest BCUT2D eigenvalue weighted by molar-refractivity contribution is 6.16. The van der Waals surface area contributed by atoms with E-state index in [2.05, 4.69) is 42.0 Å². The number of aliphatic hydroxyl groups is 1. The van der Waals surface area contributed by atoms with E-state index in [1.54, 1.807) is 18.5 Å². The Morgan fingerprint density at radius 1 is 0.755 bits per heavy atom. The third kappa shape index (κ3) is 7.30. The van der Waals surface area contributed by atoms with E-state index in [1.807, 2.05) is 66.7 Å². The molecule has 4 heterocycles. The molecule has 1 aromatic heterocycles. The molecule has 12 nitrogen and oxygen atoms in total. The first kappa shape index (κ1) is 34.3. The molecule has 3 aliphatic heterocycles. The standard InChI is InChI=1S/C41H37N5O7/c47-25-26-10-12-28(13-11-26)36-35(27-6-2-1-3-7-27)34(24-45-18-20-46(21-19-45)41-42-16-5-17-43-41)51-40(52-36)30-8-4-9-31(22-30)44-37(48)29-14-15-32-33(23-29)39(50)53-38(32)49/h1-17,22-23,34-36,40,47H,18-21,24-25H2,(H,44,48)/t34-,35-,36+,40?/m1/s1. The van der Waals surface area contributed by atoms with Crippen molar-refractivity contribution in [1.82, 2.24) is 14.9 Å². The molecule has 2 saturated heterocycles. The molecule has 0 radical (unpaired) electrons. The van der Waals surface area contributed by atoms with Crippen LogP contribution in [0.1, 0.15) is 71.6 Å². The maximum atomic E-state index is 13.3. The minimum atomic E-state index is -0.779. The van der Waals surface area contributed by atoms with Gasteiger partial charge in [0.1, 0.15) is 0 Å². The number of aliphatic hydroxyl groups excluding tert-OH is 1. The molecule has 0 spiro atoms. The molecule has 4 atom stereocenters. The molecular formula is C41H37N5O7. The number of piperazine rings is 1. The summed E-state index contributed by atoms with van der Waals surface area (Å²) in [6.07, 6.45) is 2.05. The number of nitrogens with one attached hydrogen (secondary N) is 1.